The standard InChI is InChI=1S/C17H16ClF2N5O3/c18-13-4-1-10(7-21-13)8-24-16(28)25-11(2-3-12(26)14(25)22-24)15(27)23-6-5-17(19,20)9-23/h1,4,7,11H,2-3,5-6,8-9H2. The van der Waals surface area contributed by atoms with Crippen molar-refractivity contribution in [2.24, 2.45) is 0 Å². The van der Waals surface area contributed by atoms with E-state index in [0.717, 1.165) is 14.1 Å². The second-order valence-corrected chi connectivity index (χ2v) is 7.35. The SMILES string of the molecule is O=C1CCC(C(=O)N2CCC(F)(F)C2)n2c1nn(Cc1ccc(Cl)nc1)c2=O. The largest absolute Gasteiger partial charge is 0.347 e. The van der Waals surface area contributed by atoms with Crippen LogP contribution in [0.3, 0.4) is 0 Å². The normalized spacial score (nSPS) is 21.0. The summed E-state index contributed by atoms with van der Waals surface area (Å²) in [7, 11) is 0. The molecule has 1 unspecified atom stereocenters. The van der Waals surface area contributed by atoms with Gasteiger partial charge in [0.2, 0.25) is 11.7 Å². The zero-order valence-electron chi connectivity index (χ0n) is 14.6. The Balaban J connectivity index is 1.66. The molecular formula is C17H16ClF2N5O3. The number of aromatic nitrogens is 4. The number of ketones is 1. The Morgan fingerprint density at radius 2 is 2.11 bits per heavy atom. The van der Waals surface area contributed by atoms with Crippen molar-refractivity contribution in [3.8, 4) is 0 Å². The lowest BCUT2D eigenvalue weighted by molar-refractivity contribution is -0.135. The van der Waals surface area contributed by atoms with E-state index in [1.54, 1.807) is 12.1 Å². The van der Waals surface area contributed by atoms with Crippen LogP contribution >= 0.6 is 11.6 Å². The Hall–Kier alpha value is -2.62. The van der Waals surface area contributed by atoms with Crippen molar-refractivity contribution in [2.45, 2.75) is 37.8 Å². The molecule has 2 aliphatic heterocycles. The molecule has 4 heterocycles. The van der Waals surface area contributed by atoms with Crippen molar-refractivity contribution in [3.05, 3.63) is 45.4 Å². The van der Waals surface area contributed by atoms with Gasteiger partial charge < -0.3 is 4.90 Å². The predicted molar refractivity (Wildman–Crippen MR) is 93.6 cm³/mol. The van der Waals surface area contributed by atoms with Crippen LogP contribution in [0.1, 0.15) is 41.5 Å². The van der Waals surface area contributed by atoms with Crippen LogP contribution in [0.5, 0.6) is 0 Å². The van der Waals surface area contributed by atoms with Crippen LogP contribution < -0.4 is 5.69 Å². The number of alkyl halides is 2. The number of rotatable bonds is 3. The average Bonchev–Trinajstić information content (AvgIpc) is 3.18. The lowest BCUT2D eigenvalue weighted by Crippen LogP contribution is -2.43. The maximum Gasteiger partial charge on any atom is 0.347 e. The van der Waals surface area contributed by atoms with Gasteiger partial charge >= 0.3 is 5.69 Å². The molecule has 2 aliphatic rings. The third-order valence-electron chi connectivity index (χ3n) is 4.96. The summed E-state index contributed by atoms with van der Waals surface area (Å²) in [6, 6.07) is 2.21. The molecule has 0 saturated carbocycles. The van der Waals surface area contributed by atoms with Gasteiger partial charge in [-0.05, 0) is 18.1 Å². The lowest BCUT2D eigenvalue weighted by Gasteiger charge is -2.26. The average molecular weight is 412 g/mol. The molecule has 0 bridgehead atoms. The summed E-state index contributed by atoms with van der Waals surface area (Å²) in [4.78, 5) is 42.8. The molecule has 1 atom stereocenters. The molecule has 8 nitrogen and oxygen atoms in total. The number of nitrogens with zero attached hydrogens (tertiary/aromatic N) is 5. The van der Waals surface area contributed by atoms with Gasteiger partial charge in [0, 0.05) is 25.6 Å². The number of fused-ring (bicyclic) bond motifs is 1. The third kappa shape index (κ3) is 3.32. The Bertz CT molecular complexity index is 1000. The maximum absolute atomic E-state index is 13.5. The summed E-state index contributed by atoms with van der Waals surface area (Å²) in [5.41, 5.74) is -0.00114. The molecule has 1 amide bonds. The number of carbonyl (C=O) groups is 2. The van der Waals surface area contributed by atoms with E-state index in [1.165, 1.54) is 6.20 Å². The Morgan fingerprint density at radius 1 is 1.32 bits per heavy atom. The quantitative estimate of drug-likeness (QED) is 0.714. The number of pyridine rings is 1. The number of halogens is 3. The van der Waals surface area contributed by atoms with E-state index in [-0.39, 0.29) is 37.5 Å². The molecule has 0 N–H and O–H groups in total. The number of amides is 1. The van der Waals surface area contributed by atoms with Gasteiger partial charge in [-0.3, -0.25) is 14.2 Å². The molecule has 0 aromatic carbocycles. The highest BCUT2D eigenvalue weighted by molar-refractivity contribution is 6.29. The molecule has 2 aromatic rings. The highest BCUT2D eigenvalue weighted by atomic mass is 35.5. The topological polar surface area (TPSA) is 90.1 Å². The van der Waals surface area contributed by atoms with Gasteiger partial charge in [-0.25, -0.2) is 23.2 Å². The van der Waals surface area contributed by atoms with E-state index in [2.05, 4.69) is 10.1 Å². The summed E-state index contributed by atoms with van der Waals surface area (Å²) in [5, 5.41) is 4.37. The van der Waals surface area contributed by atoms with E-state index in [9.17, 15) is 23.2 Å². The molecule has 0 radical (unpaired) electrons. The maximum atomic E-state index is 13.5. The Labute approximate surface area is 162 Å². The molecule has 28 heavy (non-hydrogen) atoms. The number of hydrogen-bond donors (Lipinski definition) is 0. The monoisotopic (exact) mass is 411 g/mol. The van der Waals surface area contributed by atoms with Crippen molar-refractivity contribution in [2.75, 3.05) is 13.1 Å². The van der Waals surface area contributed by atoms with Gasteiger partial charge in [0.1, 0.15) is 11.2 Å². The summed E-state index contributed by atoms with van der Waals surface area (Å²) < 4.78 is 29.1. The van der Waals surface area contributed by atoms with Crippen LogP contribution in [-0.2, 0) is 11.3 Å². The van der Waals surface area contributed by atoms with Gasteiger partial charge in [0.25, 0.3) is 5.92 Å². The lowest BCUT2D eigenvalue weighted by atomic mass is 10.0. The van der Waals surface area contributed by atoms with Crippen LogP contribution in [0.2, 0.25) is 5.15 Å². The fourth-order valence-corrected chi connectivity index (χ4v) is 3.66. The van der Waals surface area contributed by atoms with Crippen LogP contribution in [0, 0.1) is 0 Å². The predicted octanol–water partition coefficient (Wildman–Crippen LogP) is 1.53. The fraction of sp³-hybridized carbons (Fsp3) is 0.471. The number of likely N-dealkylation sites (tertiary alicyclic amines) is 1. The Morgan fingerprint density at radius 3 is 2.75 bits per heavy atom. The molecule has 2 aromatic heterocycles. The number of hydrogen-bond acceptors (Lipinski definition) is 5. The third-order valence-corrected chi connectivity index (χ3v) is 5.19. The Kier molecular flexibility index (Phi) is 4.53. The molecule has 4 rings (SSSR count). The van der Waals surface area contributed by atoms with E-state index in [4.69, 9.17) is 11.6 Å². The first-order chi connectivity index (χ1) is 13.2. The van der Waals surface area contributed by atoms with Gasteiger partial charge in [0.05, 0.1) is 13.1 Å². The molecule has 1 saturated heterocycles. The number of carbonyl (C=O) groups excluding carboxylic acids is 2. The van der Waals surface area contributed by atoms with Gasteiger partial charge in [0.15, 0.2) is 5.78 Å². The summed E-state index contributed by atoms with van der Waals surface area (Å²) in [6.07, 6.45) is 1.18. The van der Waals surface area contributed by atoms with Gasteiger partial charge in [-0.1, -0.05) is 17.7 Å². The molecule has 1 fully saturated rings. The van der Waals surface area contributed by atoms with Crippen molar-refractivity contribution >= 4 is 23.3 Å². The first kappa shape index (κ1) is 18.7. The first-order valence-electron chi connectivity index (χ1n) is 8.75. The zero-order chi connectivity index (χ0) is 20.1. The minimum Gasteiger partial charge on any atom is -0.335 e. The smallest absolute Gasteiger partial charge is 0.335 e. The van der Waals surface area contributed by atoms with Crippen molar-refractivity contribution in [3.63, 3.8) is 0 Å². The van der Waals surface area contributed by atoms with Gasteiger partial charge in [-0.2, -0.15) is 0 Å². The minimum atomic E-state index is -2.93. The highest BCUT2D eigenvalue weighted by Crippen LogP contribution is 2.31. The summed E-state index contributed by atoms with van der Waals surface area (Å²) in [6.45, 7) is -0.713. The molecule has 0 spiro atoms. The van der Waals surface area contributed by atoms with E-state index in [0.29, 0.717) is 10.7 Å². The van der Waals surface area contributed by atoms with Crippen molar-refractivity contribution < 1.29 is 18.4 Å². The minimum absolute atomic E-state index is 0.0274. The molecule has 11 heteroatoms. The summed E-state index contributed by atoms with van der Waals surface area (Å²) in [5.74, 6) is -4.00. The molecule has 0 aliphatic carbocycles. The molecule has 148 valence electrons. The van der Waals surface area contributed by atoms with Crippen LogP contribution in [-0.4, -0.2) is 54.9 Å². The number of Topliss-reactive ketones (excluding diaryl/α,β-unsaturated/α-hetero) is 1. The van der Waals surface area contributed by atoms with Gasteiger partial charge in [-0.15, -0.1) is 5.10 Å². The molecular weight excluding hydrogens is 396 g/mol. The second kappa shape index (κ2) is 6.77. The van der Waals surface area contributed by atoms with Crippen molar-refractivity contribution in [1.82, 2.24) is 24.2 Å². The first-order valence-corrected chi connectivity index (χ1v) is 9.12. The van der Waals surface area contributed by atoms with Crippen LogP contribution in [0.25, 0.3) is 0 Å². The zero-order valence-corrected chi connectivity index (χ0v) is 15.4. The summed E-state index contributed by atoms with van der Waals surface area (Å²) >= 11 is 5.74. The van der Waals surface area contributed by atoms with Crippen LogP contribution in [0.15, 0.2) is 23.1 Å². The fourth-order valence-electron chi connectivity index (χ4n) is 3.54. The van der Waals surface area contributed by atoms with E-state index in [1.807, 2.05) is 0 Å². The van der Waals surface area contributed by atoms with Crippen molar-refractivity contribution in [1.29, 1.82) is 0 Å². The van der Waals surface area contributed by atoms with E-state index < -0.39 is 36.5 Å². The van der Waals surface area contributed by atoms with Crippen LogP contribution in [0.4, 0.5) is 8.78 Å². The highest BCUT2D eigenvalue weighted by Gasteiger charge is 2.44. The second-order valence-electron chi connectivity index (χ2n) is 6.97. The van der Waals surface area contributed by atoms with E-state index >= 15 is 0 Å².